The van der Waals surface area contributed by atoms with E-state index in [0.717, 1.165) is 54.1 Å². The number of fused-ring (bicyclic) bond motifs is 4. The van der Waals surface area contributed by atoms with Crippen LogP contribution in [0.5, 0.6) is 23.0 Å². The van der Waals surface area contributed by atoms with Crippen LogP contribution in [-0.4, -0.2) is 81.5 Å². The number of hydrogen-bond donors (Lipinski definition) is 2. The van der Waals surface area contributed by atoms with Crippen molar-refractivity contribution in [2.45, 2.75) is 95.7 Å². The first-order chi connectivity index (χ1) is 30.1. The molecule has 0 saturated heterocycles. The molecule has 64 heavy (non-hydrogen) atoms. The van der Waals surface area contributed by atoms with Gasteiger partial charge in [-0.3, -0.25) is 9.80 Å². The molecule has 4 heterocycles. The summed E-state index contributed by atoms with van der Waals surface area (Å²) in [5, 5.41) is 18.1. The highest BCUT2D eigenvalue weighted by Gasteiger charge is 2.45. The van der Waals surface area contributed by atoms with Crippen LogP contribution in [-0.2, 0) is 22.4 Å². The molecule has 0 amide bonds. The summed E-state index contributed by atoms with van der Waals surface area (Å²) in [5.74, 6) is -5.21. The minimum Gasteiger partial charge on any atom is -0.478 e. The second-order valence-electron chi connectivity index (χ2n) is 17.8. The highest BCUT2D eigenvalue weighted by molar-refractivity contribution is 5.85. The van der Waals surface area contributed by atoms with Crippen LogP contribution < -0.4 is 18.9 Å². The number of halogens is 6. The van der Waals surface area contributed by atoms with Crippen LogP contribution in [0.25, 0.3) is 12.2 Å². The maximum atomic E-state index is 17.3. The van der Waals surface area contributed by atoms with Gasteiger partial charge >= 0.3 is 11.9 Å². The van der Waals surface area contributed by atoms with Crippen LogP contribution >= 0.6 is 0 Å². The first-order valence-electron chi connectivity index (χ1n) is 20.8. The Kier molecular flexibility index (Phi) is 11.7. The van der Waals surface area contributed by atoms with Gasteiger partial charge in [-0.05, 0) is 142 Å². The summed E-state index contributed by atoms with van der Waals surface area (Å²) in [7, 11) is 0. The fraction of sp³-hybridized carbons (Fsp3) is 0.375. The smallest absolute Gasteiger partial charge is 0.328 e. The number of rotatable bonds is 12. The van der Waals surface area contributed by atoms with E-state index in [9.17, 15) is 9.59 Å². The molecular formula is C48H46F6N2O8. The van der Waals surface area contributed by atoms with Crippen LogP contribution in [0, 0.1) is 23.3 Å². The van der Waals surface area contributed by atoms with Crippen molar-refractivity contribution in [2.75, 3.05) is 19.9 Å². The van der Waals surface area contributed by atoms with Crippen molar-refractivity contribution < 1.29 is 65.1 Å². The highest BCUT2D eigenvalue weighted by atomic mass is 19.2. The van der Waals surface area contributed by atoms with Gasteiger partial charge in [0.25, 0.3) is 0 Å². The zero-order valence-electron chi connectivity index (χ0n) is 35.6. The number of carboxylic acid groups (broad SMARTS) is 2. The van der Waals surface area contributed by atoms with E-state index in [1.54, 1.807) is 34.1 Å². The quantitative estimate of drug-likeness (QED) is 0.105. The molecule has 4 aliphatic heterocycles. The Bertz CT molecular complexity index is 2550. The lowest BCUT2D eigenvalue weighted by Crippen LogP contribution is -2.50. The van der Waals surface area contributed by atoms with E-state index < -0.39 is 77.0 Å². The number of benzene rings is 4. The van der Waals surface area contributed by atoms with Crippen molar-refractivity contribution in [3.05, 3.63) is 128 Å². The third-order valence-corrected chi connectivity index (χ3v) is 12.0. The predicted octanol–water partition coefficient (Wildman–Crippen LogP) is 9.50. The largest absolute Gasteiger partial charge is 0.478 e. The van der Waals surface area contributed by atoms with Crippen LogP contribution in [0.15, 0.2) is 60.7 Å². The predicted molar refractivity (Wildman–Crippen MR) is 223 cm³/mol. The Morgan fingerprint density at radius 3 is 1.52 bits per heavy atom. The molecule has 0 saturated carbocycles. The van der Waals surface area contributed by atoms with Gasteiger partial charge in [0.2, 0.25) is 13.1 Å². The van der Waals surface area contributed by atoms with Crippen molar-refractivity contribution in [2.24, 2.45) is 0 Å². The van der Waals surface area contributed by atoms with Crippen molar-refractivity contribution in [3.63, 3.8) is 0 Å². The number of hydrogen-bond acceptors (Lipinski definition) is 8. The van der Waals surface area contributed by atoms with Gasteiger partial charge in [-0.15, -0.1) is 0 Å². The Morgan fingerprint density at radius 2 is 1.06 bits per heavy atom. The monoisotopic (exact) mass is 892 g/mol. The Morgan fingerprint density at radius 1 is 0.656 bits per heavy atom. The van der Waals surface area contributed by atoms with Gasteiger partial charge in [-0.25, -0.2) is 35.9 Å². The van der Waals surface area contributed by atoms with Crippen molar-refractivity contribution in [1.82, 2.24) is 9.80 Å². The molecule has 2 N–H and O–H groups in total. The van der Waals surface area contributed by atoms with Crippen LogP contribution in [0.1, 0.15) is 97.6 Å². The van der Waals surface area contributed by atoms with E-state index in [1.807, 2.05) is 13.8 Å². The normalized spacial score (nSPS) is 22.8. The van der Waals surface area contributed by atoms with Gasteiger partial charge in [0.15, 0.2) is 23.0 Å². The third-order valence-electron chi connectivity index (χ3n) is 12.0. The van der Waals surface area contributed by atoms with Crippen LogP contribution in [0.3, 0.4) is 0 Å². The van der Waals surface area contributed by atoms with E-state index in [4.69, 9.17) is 29.2 Å². The average Bonchev–Trinajstić information content (AvgIpc) is 3.81. The summed E-state index contributed by atoms with van der Waals surface area (Å²) in [6.45, 7) is 7.09. The van der Waals surface area contributed by atoms with E-state index >= 15 is 26.3 Å². The van der Waals surface area contributed by atoms with Crippen LogP contribution in [0.4, 0.5) is 26.3 Å². The van der Waals surface area contributed by atoms with Crippen molar-refractivity contribution in [3.8, 4) is 23.0 Å². The first-order valence-corrected chi connectivity index (χ1v) is 20.8. The van der Waals surface area contributed by atoms with E-state index in [2.05, 4.69) is 0 Å². The zero-order valence-corrected chi connectivity index (χ0v) is 35.6. The fourth-order valence-electron chi connectivity index (χ4n) is 9.41. The first kappa shape index (κ1) is 44.6. The molecule has 4 aromatic rings. The number of alkyl halides is 2. The van der Waals surface area contributed by atoms with E-state index in [1.165, 1.54) is 20.8 Å². The molecule has 0 fully saturated rings. The number of aliphatic carboxylic acids is 2. The lowest BCUT2D eigenvalue weighted by molar-refractivity contribution is -0.132. The summed E-state index contributed by atoms with van der Waals surface area (Å²) < 4.78 is 121. The minimum atomic E-state index is -2.13. The molecule has 4 aromatic carbocycles. The maximum absolute atomic E-state index is 17.3. The molecule has 4 aliphatic rings. The molecule has 0 radical (unpaired) electrons. The molecular weight excluding hydrogens is 847 g/mol. The van der Waals surface area contributed by atoms with Gasteiger partial charge in [-0.2, -0.15) is 0 Å². The molecule has 0 aromatic heterocycles. The second-order valence-corrected chi connectivity index (χ2v) is 17.8. The molecule has 6 atom stereocenters. The average molecular weight is 893 g/mol. The van der Waals surface area contributed by atoms with Gasteiger partial charge in [-0.1, -0.05) is 0 Å². The Balaban J connectivity index is 1.10. The van der Waals surface area contributed by atoms with Gasteiger partial charge in [0.05, 0.1) is 18.5 Å². The number of nitrogens with zero attached hydrogens (tertiary/aromatic N) is 2. The van der Waals surface area contributed by atoms with Gasteiger partial charge in [0, 0.05) is 48.5 Å². The number of carboxylic acids is 2. The van der Waals surface area contributed by atoms with Crippen LogP contribution in [0.2, 0.25) is 0 Å². The lowest BCUT2D eigenvalue weighted by atomic mass is 9.83. The molecule has 8 rings (SSSR count). The van der Waals surface area contributed by atoms with Gasteiger partial charge in [0.1, 0.15) is 34.6 Å². The molecule has 0 spiro atoms. The summed E-state index contributed by atoms with van der Waals surface area (Å²) in [5.41, 5.74) is -2.43. The topological polar surface area (TPSA) is 118 Å². The lowest BCUT2D eigenvalue weighted by Gasteiger charge is -2.45. The molecule has 16 heteroatoms. The zero-order chi connectivity index (χ0) is 46.0. The standard InChI is InChI=1S/C48H46F6N2O8/c1-24-10-29-17-38-39(19-31(29)45(55(24)21-47(3,4)53)43-32(49)12-26(13-33(43)50)6-8-40(57)58)64-42(63-38)20-48(5,54)22-56-25(2)11-28-16-36-37(62-23-61-36)18-30(28)46(56)44-34(51)14-27(15-35(44)52)7-9-41(59)60/h6-9,12-19,24-25,42,45-46H,10-11,20-23H2,1-5H3,(H,57,58)(H,59,60)/b8-6+,9-7+/t24-,25+,42?,45+,46-,48?/m0/s1. The van der Waals surface area contributed by atoms with Crippen molar-refractivity contribution in [1.29, 1.82) is 0 Å². The Labute approximate surface area is 365 Å². The highest BCUT2D eigenvalue weighted by Crippen LogP contribution is 2.49. The molecule has 2 unspecified atom stereocenters. The van der Waals surface area contributed by atoms with Gasteiger partial charge < -0.3 is 29.2 Å². The number of ether oxygens (including phenoxy) is 4. The summed E-state index contributed by atoms with van der Waals surface area (Å²) >= 11 is 0. The molecule has 338 valence electrons. The maximum Gasteiger partial charge on any atom is 0.328 e. The summed E-state index contributed by atoms with van der Waals surface area (Å²) in [6.07, 6.45) is 2.80. The Hall–Kier alpha value is -6.00. The van der Waals surface area contributed by atoms with E-state index in [-0.39, 0.29) is 60.1 Å². The molecule has 0 bridgehead atoms. The third kappa shape index (κ3) is 9.03. The minimum absolute atomic E-state index is 0.0205. The second kappa shape index (κ2) is 16.8. The molecule has 0 aliphatic carbocycles. The fourth-order valence-corrected chi connectivity index (χ4v) is 9.41. The number of carbonyl (C=O) groups is 2. The summed E-state index contributed by atoms with van der Waals surface area (Å²) in [6, 6.07) is 7.52. The van der Waals surface area contributed by atoms with E-state index in [0.29, 0.717) is 41.0 Å². The summed E-state index contributed by atoms with van der Waals surface area (Å²) in [4.78, 5) is 25.6. The van der Waals surface area contributed by atoms with Crippen molar-refractivity contribution >= 4 is 24.1 Å². The SMILES string of the molecule is C[C@@H]1Cc2cc3c(cc2[C@@H](c2c(F)cc(/C=C/C(=O)O)cc2F)N1CC(C)(F)CC1Oc2cc4c(cc2O1)[C@H](c1c(F)cc(/C=C/C(=O)O)cc1F)N(CC(C)(C)F)[C@@H](C)C4)OCO3. The molecule has 10 nitrogen and oxygen atoms in total.